The van der Waals surface area contributed by atoms with Gasteiger partial charge in [-0.3, -0.25) is 0 Å². The van der Waals surface area contributed by atoms with Gasteiger partial charge in [-0.05, 0) is 28.9 Å². The van der Waals surface area contributed by atoms with E-state index in [1.807, 2.05) is 6.92 Å². The molecule has 6 nitrogen and oxygen atoms in total. The number of halogens is 3. The van der Waals surface area contributed by atoms with Crippen molar-refractivity contribution in [1.82, 2.24) is 15.0 Å². The maximum absolute atomic E-state index is 13.9. The Morgan fingerprint density at radius 3 is 2.93 bits per heavy atom. The summed E-state index contributed by atoms with van der Waals surface area (Å²) >= 11 is 5.95. The molecule has 0 aliphatic heterocycles. The van der Waals surface area contributed by atoms with Crippen LogP contribution in [0, 0.1) is 11.6 Å². The number of hydrogen-bond acceptors (Lipinski definition) is 8. The third kappa shape index (κ3) is 5.35. The molecule has 150 valence electrons. The molecule has 0 radical (unpaired) electrons. The van der Waals surface area contributed by atoms with E-state index >= 15 is 0 Å². The first-order valence-corrected chi connectivity index (χ1v) is 10.9. The van der Waals surface area contributed by atoms with Gasteiger partial charge in [0.05, 0.1) is 19.8 Å². The second kappa shape index (κ2) is 9.88. The van der Waals surface area contributed by atoms with E-state index in [4.69, 9.17) is 9.84 Å². The Balaban J connectivity index is 1.80. The van der Waals surface area contributed by atoms with Crippen LogP contribution >= 0.6 is 39.0 Å². The van der Waals surface area contributed by atoms with Crippen LogP contribution in [0.1, 0.15) is 12.5 Å². The molecule has 3 aromatic rings. The molecule has 0 fully saturated rings. The summed E-state index contributed by atoms with van der Waals surface area (Å²) in [7, 11) is 0. The van der Waals surface area contributed by atoms with Gasteiger partial charge >= 0.3 is 0 Å². The number of aliphatic hydroxyl groups excluding tert-OH is 1. The number of ether oxygens (including phenoxy) is 1. The van der Waals surface area contributed by atoms with Crippen LogP contribution in [0.2, 0.25) is 0 Å². The van der Waals surface area contributed by atoms with Crippen LogP contribution in [0.5, 0.6) is 0 Å². The quantitative estimate of drug-likeness (QED) is 0.264. The van der Waals surface area contributed by atoms with Crippen LogP contribution in [0.15, 0.2) is 27.3 Å². The summed E-state index contributed by atoms with van der Waals surface area (Å²) in [5.41, 5.74) is 0.758. The van der Waals surface area contributed by atoms with E-state index in [1.165, 1.54) is 35.2 Å². The van der Waals surface area contributed by atoms with Crippen LogP contribution in [0.3, 0.4) is 0 Å². The van der Waals surface area contributed by atoms with E-state index in [2.05, 4.69) is 36.2 Å². The first-order chi connectivity index (χ1) is 13.5. The largest absolute Gasteiger partial charge is 0.394 e. The lowest BCUT2D eigenvalue weighted by molar-refractivity contribution is 0.0884. The van der Waals surface area contributed by atoms with Crippen LogP contribution in [-0.2, 0) is 10.5 Å². The van der Waals surface area contributed by atoms with Crippen LogP contribution < -0.4 is 5.32 Å². The molecule has 1 unspecified atom stereocenters. The van der Waals surface area contributed by atoms with Crippen LogP contribution in [0.4, 0.5) is 14.6 Å². The standard InChI is InChI=1S/C17H17BrF2N4O2S2/c1-9(7-26-6-5-25)21-14-13-15(22-16(18)28-13)24-17(23-14)27-8-10-3-2-4-11(19)12(10)20/h2-4,9,25H,5-8H2,1H3,(H,21,23,24). The number of thioether (sulfide) groups is 1. The third-order valence-corrected chi connectivity index (χ3v) is 5.98. The number of thiazole rings is 1. The number of benzene rings is 1. The molecule has 1 aromatic carbocycles. The van der Waals surface area contributed by atoms with Gasteiger partial charge in [-0.2, -0.15) is 0 Å². The summed E-state index contributed by atoms with van der Waals surface area (Å²) in [5, 5.41) is 12.5. The Bertz CT molecular complexity index is 960. The summed E-state index contributed by atoms with van der Waals surface area (Å²) in [4.78, 5) is 13.3. The molecule has 0 saturated carbocycles. The minimum atomic E-state index is -0.878. The van der Waals surface area contributed by atoms with E-state index in [1.54, 1.807) is 0 Å². The number of hydrogen-bond donors (Lipinski definition) is 2. The highest BCUT2D eigenvalue weighted by Crippen LogP contribution is 2.33. The smallest absolute Gasteiger partial charge is 0.191 e. The van der Waals surface area contributed by atoms with Gasteiger partial charge in [0.15, 0.2) is 32.2 Å². The molecule has 0 aliphatic rings. The molecule has 0 bridgehead atoms. The zero-order valence-electron chi connectivity index (χ0n) is 14.8. The zero-order chi connectivity index (χ0) is 20.1. The molecular weight excluding hydrogens is 474 g/mol. The lowest BCUT2D eigenvalue weighted by atomic mass is 10.2. The molecule has 0 amide bonds. The Kier molecular flexibility index (Phi) is 7.52. The molecule has 2 N–H and O–H groups in total. The first-order valence-electron chi connectivity index (χ1n) is 8.33. The van der Waals surface area contributed by atoms with Crippen molar-refractivity contribution >= 4 is 55.2 Å². The second-order valence-corrected chi connectivity index (χ2v) is 9.04. The summed E-state index contributed by atoms with van der Waals surface area (Å²) in [6.07, 6.45) is 0. The van der Waals surface area contributed by atoms with Gasteiger partial charge in [-0.15, -0.1) is 11.3 Å². The zero-order valence-corrected chi connectivity index (χ0v) is 18.0. The van der Waals surface area contributed by atoms with Crippen molar-refractivity contribution in [2.24, 2.45) is 0 Å². The van der Waals surface area contributed by atoms with Gasteiger partial charge in [-0.25, -0.2) is 23.7 Å². The van der Waals surface area contributed by atoms with Crippen molar-refractivity contribution in [1.29, 1.82) is 0 Å². The van der Waals surface area contributed by atoms with Gasteiger partial charge in [0.2, 0.25) is 0 Å². The molecule has 1 atom stereocenters. The van der Waals surface area contributed by atoms with Gasteiger partial charge in [0.25, 0.3) is 0 Å². The number of rotatable bonds is 9. The average molecular weight is 491 g/mol. The number of nitrogens with one attached hydrogen (secondary N) is 1. The Labute approximate surface area is 176 Å². The fourth-order valence-corrected chi connectivity index (χ4v) is 4.50. The van der Waals surface area contributed by atoms with Crippen LogP contribution in [0.25, 0.3) is 10.3 Å². The fraction of sp³-hybridized carbons (Fsp3) is 0.353. The monoisotopic (exact) mass is 490 g/mol. The van der Waals surface area contributed by atoms with E-state index < -0.39 is 11.6 Å². The minimum Gasteiger partial charge on any atom is -0.394 e. The van der Waals surface area contributed by atoms with Gasteiger partial charge in [0.1, 0.15) is 4.70 Å². The molecule has 0 saturated heterocycles. The first kappa shape index (κ1) is 21.3. The molecule has 2 aromatic heterocycles. The highest BCUT2D eigenvalue weighted by atomic mass is 79.9. The van der Waals surface area contributed by atoms with Crippen LogP contribution in [-0.4, -0.2) is 45.9 Å². The van der Waals surface area contributed by atoms with Gasteiger partial charge in [-0.1, -0.05) is 23.9 Å². The maximum Gasteiger partial charge on any atom is 0.191 e. The molecule has 0 aliphatic carbocycles. The van der Waals surface area contributed by atoms with Crippen molar-refractivity contribution < 1.29 is 18.6 Å². The van der Waals surface area contributed by atoms with E-state index in [-0.39, 0.29) is 30.6 Å². The topological polar surface area (TPSA) is 80.2 Å². The number of nitrogens with zero attached hydrogens (tertiary/aromatic N) is 3. The maximum atomic E-state index is 13.9. The predicted molar refractivity (Wildman–Crippen MR) is 110 cm³/mol. The molecule has 11 heteroatoms. The number of aliphatic hydroxyl groups is 1. The van der Waals surface area contributed by atoms with Gasteiger partial charge < -0.3 is 15.2 Å². The number of anilines is 1. The van der Waals surface area contributed by atoms with Crippen molar-refractivity contribution in [3.63, 3.8) is 0 Å². The third-order valence-electron chi connectivity index (χ3n) is 3.58. The summed E-state index contributed by atoms with van der Waals surface area (Å²) < 4.78 is 34.0. The fourth-order valence-electron chi connectivity index (χ4n) is 2.34. The van der Waals surface area contributed by atoms with E-state index in [0.717, 1.165) is 10.8 Å². The van der Waals surface area contributed by atoms with Crippen molar-refractivity contribution in [3.05, 3.63) is 39.3 Å². The summed E-state index contributed by atoms with van der Waals surface area (Å²) in [5.74, 6) is -0.956. The van der Waals surface area contributed by atoms with Crippen molar-refractivity contribution in [3.8, 4) is 0 Å². The lowest BCUT2D eigenvalue weighted by Gasteiger charge is -2.15. The highest BCUT2D eigenvalue weighted by molar-refractivity contribution is 9.11. The minimum absolute atomic E-state index is 0.0380. The normalized spacial score (nSPS) is 12.5. The summed E-state index contributed by atoms with van der Waals surface area (Å²) in [6, 6.07) is 4.02. The predicted octanol–water partition coefficient (Wildman–Crippen LogP) is 4.23. The average Bonchev–Trinajstić information content (AvgIpc) is 3.04. The molecule has 28 heavy (non-hydrogen) atoms. The summed E-state index contributed by atoms with van der Waals surface area (Å²) in [6.45, 7) is 2.54. The van der Waals surface area contributed by atoms with Crippen molar-refractivity contribution in [2.45, 2.75) is 23.9 Å². The second-order valence-electron chi connectivity index (χ2n) is 5.82. The Hall–Kier alpha value is -1.40. The molecule has 2 heterocycles. The number of fused-ring (bicyclic) bond motifs is 1. The molecular formula is C17H17BrF2N4O2S2. The Morgan fingerprint density at radius 1 is 1.32 bits per heavy atom. The highest BCUT2D eigenvalue weighted by Gasteiger charge is 2.16. The van der Waals surface area contributed by atoms with Crippen molar-refractivity contribution in [2.75, 3.05) is 25.1 Å². The number of aromatic nitrogens is 3. The Morgan fingerprint density at radius 2 is 2.14 bits per heavy atom. The van der Waals surface area contributed by atoms with E-state index in [9.17, 15) is 8.78 Å². The molecule has 0 spiro atoms. The molecule has 3 rings (SSSR count). The van der Waals surface area contributed by atoms with Gasteiger partial charge in [0, 0.05) is 17.4 Å². The SMILES string of the molecule is CC(COCCO)Nc1nc(SCc2cccc(F)c2F)nc2nc(Br)sc12. The lowest BCUT2D eigenvalue weighted by Crippen LogP contribution is -2.23. The van der Waals surface area contributed by atoms with E-state index in [0.29, 0.717) is 27.1 Å².